The van der Waals surface area contributed by atoms with E-state index in [0.717, 1.165) is 12.1 Å². The van der Waals surface area contributed by atoms with Crippen molar-refractivity contribution in [3.63, 3.8) is 0 Å². The molecule has 1 aliphatic rings. The highest BCUT2D eigenvalue weighted by Gasteiger charge is 2.31. The molecule has 126 valence electrons. The molecule has 24 heavy (non-hydrogen) atoms. The number of benzene rings is 1. The maximum atomic E-state index is 12.6. The largest absolute Gasteiger partial charge is 0.573 e. The van der Waals surface area contributed by atoms with Gasteiger partial charge in [-0.3, -0.25) is 9.69 Å². The molecular weight excluding hydrogens is 323 g/mol. The third-order valence-corrected chi connectivity index (χ3v) is 3.10. The number of rotatable bonds is 3. The van der Waals surface area contributed by atoms with Crippen molar-refractivity contribution in [3.05, 3.63) is 72.3 Å². The topological polar surface area (TPSA) is 49.8 Å². The molecule has 1 aliphatic heterocycles. The fourth-order valence-corrected chi connectivity index (χ4v) is 2.13. The standard InChI is InChI=1S/C17H14F3NO3/c1-11-6-3-4-9-21(11)16(23)15(12(2)22)13-7-5-8-14(10-13)24-17(18,19)20/h3-10,22H,1H2,2H3/b15-12+. The van der Waals surface area contributed by atoms with Crippen molar-refractivity contribution in [2.45, 2.75) is 13.3 Å². The quantitative estimate of drug-likeness (QED) is 0.661. The minimum absolute atomic E-state index is 0.0949. The summed E-state index contributed by atoms with van der Waals surface area (Å²) in [6.07, 6.45) is 1.46. The Balaban J connectivity index is 2.39. The second kappa shape index (κ2) is 6.66. The Morgan fingerprint density at radius 2 is 2.00 bits per heavy atom. The number of ether oxygens (including phenoxy) is 1. The average molecular weight is 337 g/mol. The number of allylic oxidation sites excluding steroid dienone is 4. The lowest BCUT2D eigenvalue weighted by atomic mass is 10.0. The SMILES string of the molecule is C=C1C=CC=CN1C(=O)/C(=C(\C)O)c1cccc(OC(F)(F)F)c1. The van der Waals surface area contributed by atoms with E-state index < -0.39 is 18.0 Å². The first-order valence-corrected chi connectivity index (χ1v) is 6.82. The molecule has 0 atom stereocenters. The first-order valence-electron chi connectivity index (χ1n) is 6.82. The fraction of sp³-hybridized carbons (Fsp3) is 0.118. The molecule has 0 saturated carbocycles. The van der Waals surface area contributed by atoms with Crippen LogP contribution in [0.15, 0.2) is 66.7 Å². The van der Waals surface area contributed by atoms with Crippen molar-refractivity contribution in [1.29, 1.82) is 0 Å². The maximum absolute atomic E-state index is 12.6. The van der Waals surface area contributed by atoms with Crippen LogP contribution in [-0.4, -0.2) is 22.3 Å². The lowest BCUT2D eigenvalue weighted by Gasteiger charge is -2.22. The molecule has 1 N–H and O–H groups in total. The number of alkyl halides is 3. The number of aliphatic hydroxyl groups is 1. The van der Waals surface area contributed by atoms with Gasteiger partial charge in [-0.05, 0) is 36.8 Å². The average Bonchev–Trinajstić information content (AvgIpc) is 2.46. The Morgan fingerprint density at radius 3 is 2.58 bits per heavy atom. The van der Waals surface area contributed by atoms with Crippen LogP contribution in [0.25, 0.3) is 5.57 Å². The molecule has 0 fully saturated rings. The van der Waals surface area contributed by atoms with E-state index in [4.69, 9.17) is 0 Å². The van der Waals surface area contributed by atoms with Crippen molar-refractivity contribution < 1.29 is 27.8 Å². The van der Waals surface area contributed by atoms with Crippen LogP contribution in [0.1, 0.15) is 12.5 Å². The molecule has 0 radical (unpaired) electrons. The molecule has 7 heteroatoms. The number of carbonyl (C=O) groups is 1. The lowest BCUT2D eigenvalue weighted by Crippen LogP contribution is -2.26. The van der Waals surface area contributed by atoms with Gasteiger partial charge in [0.2, 0.25) is 0 Å². The van der Waals surface area contributed by atoms with Crippen molar-refractivity contribution in [2.24, 2.45) is 0 Å². The molecule has 4 nitrogen and oxygen atoms in total. The third-order valence-electron chi connectivity index (χ3n) is 3.10. The van der Waals surface area contributed by atoms with Gasteiger partial charge < -0.3 is 9.84 Å². The van der Waals surface area contributed by atoms with Crippen LogP contribution in [0.4, 0.5) is 13.2 Å². The van der Waals surface area contributed by atoms with Crippen molar-refractivity contribution >= 4 is 11.5 Å². The molecule has 2 rings (SSSR count). The molecule has 1 heterocycles. The summed E-state index contributed by atoms with van der Waals surface area (Å²) in [5.74, 6) is -1.44. The molecule has 0 spiro atoms. The predicted octanol–water partition coefficient (Wildman–Crippen LogP) is 4.30. The normalized spacial score (nSPS) is 15.3. The van der Waals surface area contributed by atoms with Crippen LogP contribution < -0.4 is 4.74 Å². The van der Waals surface area contributed by atoms with E-state index in [2.05, 4.69) is 11.3 Å². The molecule has 1 amide bonds. The number of halogens is 3. The van der Waals surface area contributed by atoms with Crippen LogP contribution in [0.3, 0.4) is 0 Å². The van der Waals surface area contributed by atoms with Gasteiger partial charge in [-0.1, -0.05) is 24.8 Å². The second-order valence-electron chi connectivity index (χ2n) is 4.90. The predicted molar refractivity (Wildman–Crippen MR) is 82.6 cm³/mol. The van der Waals surface area contributed by atoms with Crippen LogP contribution in [0.5, 0.6) is 5.75 Å². The number of amides is 1. The zero-order chi connectivity index (χ0) is 17.9. The van der Waals surface area contributed by atoms with Crippen LogP contribution in [0, 0.1) is 0 Å². The second-order valence-corrected chi connectivity index (χ2v) is 4.90. The minimum Gasteiger partial charge on any atom is -0.512 e. The van der Waals surface area contributed by atoms with Gasteiger partial charge in [0.05, 0.1) is 5.57 Å². The van der Waals surface area contributed by atoms with Gasteiger partial charge in [-0.2, -0.15) is 0 Å². The van der Waals surface area contributed by atoms with Gasteiger partial charge in [0, 0.05) is 11.9 Å². The molecule has 0 aliphatic carbocycles. The van der Waals surface area contributed by atoms with Gasteiger partial charge in [-0.15, -0.1) is 13.2 Å². The number of hydrogen-bond donors (Lipinski definition) is 1. The Bertz CT molecular complexity index is 757. The van der Waals surface area contributed by atoms with Gasteiger partial charge in [0.25, 0.3) is 5.91 Å². The van der Waals surface area contributed by atoms with Crippen LogP contribution >= 0.6 is 0 Å². The van der Waals surface area contributed by atoms with Crippen molar-refractivity contribution in [2.75, 3.05) is 0 Å². The lowest BCUT2D eigenvalue weighted by molar-refractivity contribution is -0.274. The summed E-state index contributed by atoms with van der Waals surface area (Å²) < 4.78 is 40.9. The Kier molecular flexibility index (Phi) is 4.82. The smallest absolute Gasteiger partial charge is 0.512 e. The van der Waals surface area contributed by atoms with Crippen molar-refractivity contribution in [1.82, 2.24) is 4.90 Å². The van der Waals surface area contributed by atoms with Crippen LogP contribution in [-0.2, 0) is 4.79 Å². The highest BCUT2D eigenvalue weighted by molar-refractivity contribution is 6.21. The van der Waals surface area contributed by atoms with Gasteiger partial charge in [0.1, 0.15) is 11.5 Å². The summed E-state index contributed by atoms with van der Waals surface area (Å²) in [5.41, 5.74) is 0.310. The summed E-state index contributed by atoms with van der Waals surface area (Å²) in [5, 5.41) is 9.87. The Hall–Kier alpha value is -2.96. The maximum Gasteiger partial charge on any atom is 0.573 e. The molecular formula is C17H14F3NO3. The molecule has 0 aromatic heterocycles. The van der Waals surface area contributed by atoms with E-state index in [-0.39, 0.29) is 16.9 Å². The summed E-state index contributed by atoms with van der Waals surface area (Å²) in [7, 11) is 0. The van der Waals surface area contributed by atoms with E-state index in [9.17, 15) is 23.1 Å². The molecule has 0 bridgehead atoms. The first kappa shape index (κ1) is 17.4. The van der Waals surface area contributed by atoms with E-state index in [1.54, 1.807) is 18.2 Å². The molecule has 0 saturated heterocycles. The van der Waals surface area contributed by atoms with E-state index in [1.807, 2.05) is 0 Å². The number of carbonyl (C=O) groups excluding carboxylic acids is 1. The fourth-order valence-electron chi connectivity index (χ4n) is 2.13. The van der Waals surface area contributed by atoms with Gasteiger partial charge in [0.15, 0.2) is 0 Å². The Morgan fingerprint density at radius 1 is 1.29 bits per heavy atom. The number of nitrogens with zero attached hydrogens (tertiary/aromatic N) is 1. The summed E-state index contributed by atoms with van der Waals surface area (Å²) >= 11 is 0. The first-order chi connectivity index (χ1) is 11.2. The van der Waals surface area contributed by atoms with E-state index in [0.29, 0.717) is 5.70 Å². The van der Waals surface area contributed by atoms with Crippen molar-refractivity contribution in [3.8, 4) is 5.75 Å². The summed E-state index contributed by atoms with van der Waals surface area (Å²) in [6.45, 7) is 4.98. The van der Waals surface area contributed by atoms with Gasteiger partial charge in [-0.25, -0.2) is 0 Å². The van der Waals surface area contributed by atoms with E-state index in [1.165, 1.54) is 30.2 Å². The molecule has 1 aromatic carbocycles. The third kappa shape index (κ3) is 4.07. The zero-order valence-corrected chi connectivity index (χ0v) is 12.7. The zero-order valence-electron chi connectivity index (χ0n) is 12.7. The number of aliphatic hydroxyl groups excluding tert-OH is 1. The monoisotopic (exact) mass is 337 g/mol. The highest BCUT2D eigenvalue weighted by atomic mass is 19.4. The molecule has 1 aromatic rings. The summed E-state index contributed by atoms with van der Waals surface area (Å²) in [4.78, 5) is 13.8. The Labute approximate surface area is 136 Å². The van der Waals surface area contributed by atoms with Gasteiger partial charge >= 0.3 is 6.36 Å². The van der Waals surface area contributed by atoms with E-state index >= 15 is 0 Å². The molecule has 0 unspecified atom stereocenters. The highest BCUT2D eigenvalue weighted by Crippen LogP contribution is 2.29. The minimum atomic E-state index is -4.85. The summed E-state index contributed by atoms with van der Waals surface area (Å²) in [6, 6.07) is 4.84. The number of hydrogen-bond acceptors (Lipinski definition) is 3. The van der Waals surface area contributed by atoms with Crippen LogP contribution in [0.2, 0.25) is 0 Å².